The van der Waals surface area contributed by atoms with Gasteiger partial charge < -0.3 is 14.2 Å². The van der Waals surface area contributed by atoms with Crippen molar-refractivity contribution in [2.75, 3.05) is 20.0 Å². The molecular formula is C21H31F5O3. The van der Waals surface area contributed by atoms with Gasteiger partial charge in [-0.05, 0) is 13.3 Å². The van der Waals surface area contributed by atoms with Crippen molar-refractivity contribution in [1.82, 2.24) is 0 Å². The third-order valence-corrected chi connectivity index (χ3v) is 4.57. The van der Waals surface area contributed by atoms with Gasteiger partial charge in [0.1, 0.15) is 6.79 Å². The van der Waals surface area contributed by atoms with Gasteiger partial charge in [0, 0.05) is 6.61 Å². The average Bonchev–Trinajstić information content (AvgIpc) is 2.72. The van der Waals surface area contributed by atoms with Crippen molar-refractivity contribution in [3.8, 4) is 0 Å². The maximum atomic E-state index is 13.7. The quantitative estimate of drug-likeness (QED) is 0.100. The number of hydrogen-bond acceptors (Lipinski definition) is 3. The largest absolute Gasteiger partial charge is 0.374 e. The summed E-state index contributed by atoms with van der Waals surface area (Å²) in [6.07, 6.45) is 8.09. The number of benzene rings is 1. The predicted molar refractivity (Wildman–Crippen MR) is 99.9 cm³/mol. The van der Waals surface area contributed by atoms with Crippen LogP contribution in [-0.4, -0.2) is 26.1 Å². The van der Waals surface area contributed by atoms with E-state index in [0.29, 0.717) is 13.0 Å². The second kappa shape index (κ2) is 14.7. The fourth-order valence-electron chi connectivity index (χ4n) is 2.84. The molecule has 1 aromatic rings. The van der Waals surface area contributed by atoms with Gasteiger partial charge in [-0.25, -0.2) is 22.0 Å². The summed E-state index contributed by atoms with van der Waals surface area (Å²) in [5, 5.41) is 0. The highest BCUT2D eigenvalue weighted by molar-refractivity contribution is 5.23. The molecule has 8 heteroatoms. The highest BCUT2D eigenvalue weighted by Crippen LogP contribution is 2.24. The van der Waals surface area contributed by atoms with Crippen molar-refractivity contribution in [1.29, 1.82) is 0 Å². The first-order valence-corrected chi connectivity index (χ1v) is 10.2. The Morgan fingerprint density at radius 3 is 1.83 bits per heavy atom. The van der Waals surface area contributed by atoms with Gasteiger partial charge in [0.15, 0.2) is 23.3 Å². The lowest BCUT2D eigenvalue weighted by atomic mass is 10.1. The Kier molecular flexibility index (Phi) is 13.1. The molecule has 0 amide bonds. The highest BCUT2D eigenvalue weighted by atomic mass is 19.2. The minimum atomic E-state index is -2.18. The van der Waals surface area contributed by atoms with Gasteiger partial charge in [0.2, 0.25) is 5.82 Å². The lowest BCUT2D eigenvalue weighted by Crippen LogP contribution is -2.22. The van der Waals surface area contributed by atoms with Crippen LogP contribution in [0.5, 0.6) is 0 Å². The first-order chi connectivity index (χ1) is 13.9. The molecule has 1 unspecified atom stereocenters. The van der Waals surface area contributed by atoms with Crippen LogP contribution in [0.15, 0.2) is 0 Å². The van der Waals surface area contributed by atoms with E-state index in [1.165, 1.54) is 25.7 Å². The van der Waals surface area contributed by atoms with Crippen molar-refractivity contribution < 1.29 is 36.2 Å². The van der Waals surface area contributed by atoms with Crippen LogP contribution < -0.4 is 0 Å². The highest BCUT2D eigenvalue weighted by Gasteiger charge is 2.25. The topological polar surface area (TPSA) is 27.7 Å². The third-order valence-electron chi connectivity index (χ3n) is 4.57. The summed E-state index contributed by atoms with van der Waals surface area (Å²) in [5.41, 5.74) is -0.985. The molecule has 1 atom stereocenters. The van der Waals surface area contributed by atoms with E-state index in [0.717, 1.165) is 19.3 Å². The lowest BCUT2D eigenvalue weighted by molar-refractivity contribution is -0.112. The van der Waals surface area contributed by atoms with Gasteiger partial charge in [-0.3, -0.25) is 0 Å². The van der Waals surface area contributed by atoms with Crippen molar-refractivity contribution in [3.63, 3.8) is 0 Å². The van der Waals surface area contributed by atoms with Crippen molar-refractivity contribution in [2.24, 2.45) is 0 Å². The van der Waals surface area contributed by atoms with E-state index >= 15 is 0 Å². The number of rotatable bonds is 16. The van der Waals surface area contributed by atoms with E-state index in [1.54, 1.807) is 0 Å². The van der Waals surface area contributed by atoms with E-state index in [2.05, 4.69) is 6.92 Å². The molecule has 0 N–H and O–H groups in total. The van der Waals surface area contributed by atoms with Gasteiger partial charge in [0.05, 0.1) is 24.9 Å². The molecular weight excluding hydrogens is 395 g/mol. The summed E-state index contributed by atoms with van der Waals surface area (Å²) in [5.74, 6) is -9.88. The molecule has 0 saturated heterocycles. The van der Waals surface area contributed by atoms with Crippen molar-refractivity contribution in [2.45, 2.75) is 77.9 Å². The SMILES string of the molecule is CCCCCCCCCC(COCc1c(F)c(F)c(F)c(F)c1F)OCOCC. The van der Waals surface area contributed by atoms with Crippen LogP contribution in [0.3, 0.4) is 0 Å². The molecule has 168 valence electrons. The maximum Gasteiger partial charge on any atom is 0.200 e. The molecule has 1 rings (SSSR count). The molecule has 1 aromatic carbocycles. The van der Waals surface area contributed by atoms with Crippen LogP contribution in [0, 0.1) is 29.1 Å². The lowest BCUT2D eigenvalue weighted by Gasteiger charge is -2.18. The molecule has 0 radical (unpaired) electrons. The van der Waals surface area contributed by atoms with Crippen LogP contribution in [0.4, 0.5) is 22.0 Å². The molecule has 3 nitrogen and oxygen atoms in total. The Labute approximate surface area is 169 Å². The van der Waals surface area contributed by atoms with E-state index in [9.17, 15) is 22.0 Å². The van der Waals surface area contributed by atoms with Gasteiger partial charge in [0.25, 0.3) is 0 Å². The Morgan fingerprint density at radius 2 is 1.24 bits per heavy atom. The Balaban J connectivity index is 2.51. The fraction of sp³-hybridized carbons (Fsp3) is 0.714. The van der Waals surface area contributed by atoms with E-state index in [1.807, 2.05) is 6.92 Å². The van der Waals surface area contributed by atoms with Crippen molar-refractivity contribution >= 4 is 0 Å². The summed E-state index contributed by atoms with van der Waals surface area (Å²) in [6.45, 7) is 3.71. The third kappa shape index (κ3) is 8.97. The van der Waals surface area contributed by atoms with Crippen LogP contribution in [0.2, 0.25) is 0 Å². The summed E-state index contributed by atoms with van der Waals surface area (Å²) >= 11 is 0. The molecule has 0 bridgehead atoms. The fourth-order valence-corrected chi connectivity index (χ4v) is 2.84. The second-order valence-corrected chi connectivity index (χ2v) is 6.87. The number of ether oxygens (including phenoxy) is 3. The van der Waals surface area contributed by atoms with Crippen LogP contribution >= 0.6 is 0 Å². The molecule has 0 aliphatic carbocycles. The molecule has 0 saturated carbocycles. The van der Waals surface area contributed by atoms with Crippen molar-refractivity contribution in [3.05, 3.63) is 34.6 Å². The zero-order valence-corrected chi connectivity index (χ0v) is 17.2. The zero-order chi connectivity index (χ0) is 21.6. The summed E-state index contributed by atoms with van der Waals surface area (Å²) in [7, 11) is 0. The van der Waals surface area contributed by atoms with Gasteiger partial charge in [-0.2, -0.15) is 0 Å². The van der Waals surface area contributed by atoms with Crippen LogP contribution in [0.25, 0.3) is 0 Å². The monoisotopic (exact) mass is 426 g/mol. The first-order valence-electron chi connectivity index (χ1n) is 10.2. The maximum absolute atomic E-state index is 13.7. The van der Waals surface area contributed by atoms with E-state index in [4.69, 9.17) is 14.2 Å². The summed E-state index contributed by atoms with van der Waals surface area (Å²) in [6, 6.07) is 0. The zero-order valence-electron chi connectivity index (χ0n) is 17.2. The van der Waals surface area contributed by atoms with Gasteiger partial charge in [-0.1, -0.05) is 51.9 Å². The Hall–Kier alpha value is -1.25. The van der Waals surface area contributed by atoms with Crippen LogP contribution in [-0.2, 0) is 20.8 Å². The molecule has 0 spiro atoms. The average molecular weight is 426 g/mol. The normalized spacial score (nSPS) is 12.5. The number of unbranched alkanes of at least 4 members (excludes halogenated alkanes) is 6. The minimum Gasteiger partial charge on any atom is -0.374 e. The number of hydrogen-bond donors (Lipinski definition) is 0. The Morgan fingerprint density at radius 1 is 0.690 bits per heavy atom. The second-order valence-electron chi connectivity index (χ2n) is 6.87. The van der Waals surface area contributed by atoms with Gasteiger partial charge in [-0.15, -0.1) is 0 Å². The number of halogens is 5. The van der Waals surface area contributed by atoms with E-state index in [-0.39, 0.29) is 13.4 Å². The first kappa shape index (κ1) is 25.8. The minimum absolute atomic E-state index is 0.0393. The molecule has 0 aliphatic heterocycles. The van der Waals surface area contributed by atoms with E-state index < -0.39 is 47.4 Å². The standard InChI is InChI=1S/C21H31F5O3/c1-3-5-6-7-8-9-10-11-15(29-14-27-4-2)12-28-13-16-17(22)19(24)21(26)20(25)18(16)23/h15H,3-14H2,1-2H3. The molecule has 0 heterocycles. The predicted octanol–water partition coefficient (Wildman–Crippen LogP) is 6.42. The molecule has 0 fully saturated rings. The summed E-state index contributed by atoms with van der Waals surface area (Å²) in [4.78, 5) is 0. The molecule has 29 heavy (non-hydrogen) atoms. The molecule has 0 aliphatic rings. The van der Waals surface area contributed by atoms with Crippen LogP contribution in [0.1, 0.15) is 70.8 Å². The van der Waals surface area contributed by atoms with Gasteiger partial charge >= 0.3 is 0 Å². The Bertz CT molecular complexity index is 569. The smallest absolute Gasteiger partial charge is 0.200 e. The summed E-state index contributed by atoms with van der Waals surface area (Å²) < 4.78 is 82.9. The molecule has 0 aromatic heterocycles.